The molecule has 16 heavy (non-hydrogen) atoms. The summed E-state index contributed by atoms with van der Waals surface area (Å²) < 4.78 is 5.28. The number of alkyl halides is 1. The van der Waals surface area contributed by atoms with Crippen molar-refractivity contribution >= 4 is 22.9 Å². The summed E-state index contributed by atoms with van der Waals surface area (Å²) >= 11 is 7.50. The van der Waals surface area contributed by atoms with Crippen LogP contribution in [0.5, 0.6) is 0 Å². The minimum atomic E-state index is 0.277. The molecule has 3 rings (SSSR count). The van der Waals surface area contributed by atoms with E-state index in [0.717, 1.165) is 12.3 Å². The number of hydrogen-bond donors (Lipinski definition) is 0. The van der Waals surface area contributed by atoms with Crippen LogP contribution in [0.1, 0.15) is 40.9 Å². The molecule has 0 aromatic carbocycles. The van der Waals surface area contributed by atoms with Gasteiger partial charge in [-0.15, -0.1) is 22.9 Å². The van der Waals surface area contributed by atoms with Gasteiger partial charge in [-0.25, -0.2) is 0 Å². The molecule has 2 aromatic rings. The predicted molar refractivity (Wildman–Crippen MR) is 63.0 cm³/mol. The third kappa shape index (κ3) is 1.66. The summed E-state index contributed by atoms with van der Waals surface area (Å²) in [5, 5.41) is 5.99. The largest absolute Gasteiger partial charge is 0.339 e. The second-order valence-corrected chi connectivity index (χ2v) is 5.19. The van der Waals surface area contributed by atoms with Gasteiger partial charge in [-0.1, -0.05) is 5.16 Å². The van der Waals surface area contributed by atoms with Crippen molar-refractivity contribution < 1.29 is 4.52 Å². The summed E-state index contributed by atoms with van der Waals surface area (Å²) in [6, 6.07) is 2.17. The third-order valence-electron chi connectivity index (χ3n) is 2.95. The van der Waals surface area contributed by atoms with Gasteiger partial charge in [0.25, 0.3) is 0 Å². The second kappa shape index (κ2) is 4.18. The summed E-state index contributed by atoms with van der Waals surface area (Å²) in [5.74, 6) is 1.89. The van der Waals surface area contributed by atoms with Gasteiger partial charge in [0.15, 0.2) is 5.82 Å². The summed E-state index contributed by atoms with van der Waals surface area (Å²) in [7, 11) is 0. The summed E-state index contributed by atoms with van der Waals surface area (Å²) in [6.45, 7) is 0. The van der Waals surface area contributed by atoms with Gasteiger partial charge in [0.2, 0.25) is 5.89 Å². The topological polar surface area (TPSA) is 38.9 Å². The van der Waals surface area contributed by atoms with Crippen LogP contribution in [0.25, 0.3) is 0 Å². The first kappa shape index (κ1) is 10.3. The minimum Gasteiger partial charge on any atom is -0.339 e. The van der Waals surface area contributed by atoms with Crippen LogP contribution in [0.4, 0.5) is 0 Å². The van der Waals surface area contributed by atoms with Gasteiger partial charge < -0.3 is 4.52 Å². The molecule has 2 heterocycles. The van der Waals surface area contributed by atoms with Crippen LogP contribution in [-0.4, -0.2) is 10.1 Å². The Labute approximate surface area is 102 Å². The normalized spacial score (nSPS) is 19.7. The maximum absolute atomic E-state index is 5.68. The van der Waals surface area contributed by atoms with Crippen molar-refractivity contribution in [3.05, 3.63) is 33.6 Å². The van der Waals surface area contributed by atoms with E-state index in [1.807, 2.05) is 11.3 Å². The molecule has 1 aliphatic carbocycles. The maximum atomic E-state index is 5.68. The first-order valence-corrected chi connectivity index (χ1v) is 6.74. The molecule has 84 valence electrons. The maximum Gasteiger partial charge on any atom is 0.234 e. The number of aromatic nitrogens is 2. The van der Waals surface area contributed by atoms with Gasteiger partial charge in [-0.2, -0.15) is 4.98 Å². The van der Waals surface area contributed by atoms with Crippen molar-refractivity contribution in [2.24, 2.45) is 0 Å². The van der Waals surface area contributed by atoms with Gasteiger partial charge in [-0.05, 0) is 36.3 Å². The predicted octanol–water partition coefficient (Wildman–Crippen LogP) is 3.34. The van der Waals surface area contributed by atoms with Crippen molar-refractivity contribution in [3.63, 3.8) is 0 Å². The van der Waals surface area contributed by atoms with Crippen molar-refractivity contribution in [1.29, 1.82) is 0 Å². The highest BCUT2D eigenvalue weighted by atomic mass is 35.5. The van der Waals surface area contributed by atoms with E-state index in [4.69, 9.17) is 16.1 Å². The van der Waals surface area contributed by atoms with Gasteiger partial charge >= 0.3 is 0 Å². The quantitative estimate of drug-likeness (QED) is 0.772. The van der Waals surface area contributed by atoms with Crippen LogP contribution in [0, 0.1) is 0 Å². The molecule has 0 spiro atoms. The lowest BCUT2D eigenvalue weighted by Gasteiger charge is -2.18. The first-order chi connectivity index (χ1) is 7.88. The molecular weight excluding hydrogens is 244 g/mol. The zero-order valence-corrected chi connectivity index (χ0v) is 10.2. The van der Waals surface area contributed by atoms with E-state index < -0.39 is 0 Å². The summed E-state index contributed by atoms with van der Waals surface area (Å²) in [4.78, 5) is 5.79. The zero-order valence-electron chi connectivity index (χ0n) is 8.65. The fraction of sp³-hybridized carbons (Fsp3) is 0.455. The molecule has 0 N–H and O–H groups in total. The Kier molecular flexibility index (Phi) is 2.69. The van der Waals surface area contributed by atoms with Crippen LogP contribution in [-0.2, 0) is 12.3 Å². The fourth-order valence-electron chi connectivity index (χ4n) is 2.21. The molecular formula is C11H11ClN2OS. The lowest BCUT2D eigenvalue weighted by molar-refractivity contribution is 0.352. The number of rotatable bonds is 2. The zero-order chi connectivity index (χ0) is 11.0. The second-order valence-electron chi connectivity index (χ2n) is 3.93. The van der Waals surface area contributed by atoms with Crippen LogP contribution in [0.3, 0.4) is 0 Å². The van der Waals surface area contributed by atoms with Crippen LogP contribution in [0.2, 0.25) is 0 Å². The average Bonchev–Trinajstić information content (AvgIpc) is 2.97. The van der Waals surface area contributed by atoms with E-state index in [2.05, 4.69) is 21.6 Å². The number of thiophene rings is 1. The number of nitrogens with zero attached hydrogens (tertiary/aromatic N) is 2. The van der Waals surface area contributed by atoms with Crippen LogP contribution >= 0.6 is 22.9 Å². The molecule has 0 saturated heterocycles. The van der Waals surface area contributed by atoms with E-state index in [1.54, 1.807) is 0 Å². The Morgan fingerprint density at radius 3 is 3.31 bits per heavy atom. The van der Waals surface area contributed by atoms with Gasteiger partial charge in [0, 0.05) is 4.88 Å². The molecule has 0 aliphatic heterocycles. The van der Waals surface area contributed by atoms with Crippen molar-refractivity contribution in [2.75, 3.05) is 0 Å². The number of halogens is 1. The Morgan fingerprint density at radius 1 is 1.56 bits per heavy atom. The molecule has 0 saturated carbocycles. The van der Waals surface area contributed by atoms with Crippen molar-refractivity contribution in [2.45, 2.75) is 31.1 Å². The highest BCUT2D eigenvalue weighted by molar-refractivity contribution is 7.10. The Balaban J connectivity index is 1.97. The molecule has 0 amide bonds. The fourth-order valence-corrected chi connectivity index (χ4v) is 3.30. The molecule has 0 fully saturated rings. The standard InChI is InChI=1S/C11H11ClN2OS/c12-6-10-13-11(15-14-10)8-2-1-3-9-7(8)4-5-16-9/h4-5,8H,1-3,6H2. The number of hydrogen-bond acceptors (Lipinski definition) is 4. The molecule has 3 nitrogen and oxygen atoms in total. The molecule has 1 atom stereocenters. The van der Waals surface area contributed by atoms with E-state index in [-0.39, 0.29) is 5.92 Å². The molecule has 0 bridgehead atoms. The molecule has 0 radical (unpaired) electrons. The van der Waals surface area contributed by atoms with Gasteiger partial charge in [0.05, 0.1) is 11.8 Å². The van der Waals surface area contributed by atoms with Crippen molar-refractivity contribution in [1.82, 2.24) is 10.1 Å². The van der Waals surface area contributed by atoms with Gasteiger partial charge in [0.1, 0.15) is 0 Å². The average molecular weight is 255 g/mol. The smallest absolute Gasteiger partial charge is 0.234 e. The lowest BCUT2D eigenvalue weighted by atomic mass is 9.88. The summed E-state index contributed by atoms with van der Waals surface area (Å²) in [5.41, 5.74) is 1.36. The van der Waals surface area contributed by atoms with E-state index >= 15 is 0 Å². The molecule has 5 heteroatoms. The molecule has 2 aromatic heterocycles. The van der Waals surface area contributed by atoms with Crippen molar-refractivity contribution in [3.8, 4) is 0 Å². The first-order valence-electron chi connectivity index (χ1n) is 5.33. The SMILES string of the molecule is ClCc1noc(C2CCCc3sccc32)n1. The Bertz CT molecular complexity index is 494. The number of aryl methyl sites for hydroxylation is 1. The molecule has 1 unspecified atom stereocenters. The Hall–Kier alpha value is -0.870. The highest BCUT2D eigenvalue weighted by Gasteiger charge is 2.27. The third-order valence-corrected chi connectivity index (χ3v) is 4.19. The van der Waals surface area contributed by atoms with E-state index in [9.17, 15) is 0 Å². The molecule has 1 aliphatic rings. The minimum absolute atomic E-state index is 0.277. The van der Waals surface area contributed by atoms with Crippen LogP contribution in [0.15, 0.2) is 16.0 Å². The lowest BCUT2D eigenvalue weighted by Crippen LogP contribution is -2.08. The highest BCUT2D eigenvalue weighted by Crippen LogP contribution is 2.38. The van der Waals surface area contributed by atoms with Gasteiger partial charge in [-0.3, -0.25) is 0 Å². The monoisotopic (exact) mass is 254 g/mol. The Morgan fingerprint density at radius 2 is 2.50 bits per heavy atom. The number of fused-ring (bicyclic) bond motifs is 1. The van der Waals surface area contributed by atoms with Crippen LogP contribution < -0.4 is 0 Å². The summed E-state index contributed by atoms with van der Waals surface area (Å²) in [6.07, 6.45) is 3.46. The van der Waals surface area contributed by atoms with E-state index in [0.29, 0.717) is 11.7 Å². The van der Waals surface area contributed by atoms with E-state index in [1.165, 1.54) is 23.3 Å².